The molecule has 160 valence electrons. The molecule has 0 radical (unpaired) electrons. The van der Waals surface area contributed by atoms with Crippen LogP contribution in [0.4, 0.5) is 0 Å². The molecule has 3 N–H and O–H groups in total. The van der Waals surface area contributed by atoms with E-state index in [-0.39, 0.29) is 11.9 Å². The van der Waals surface area contributed by atoms with Crippen LogP contribution in [-0.2, 0) is 4.79 Å². The van der Waals surface area contributed by atoms with Gasteiger partial charge in [0.25, 0.3) is 5.91 Å². The SMILES string of the molecule is C[C@@H](NC(=O)C[NH+]1CC[NH+](C/C=C/c2ccccc2)CC1)c1cccc2ccccc12. The van der Waals surface area contributed by atoms with Crippen LogP contribution in [0.2, 0.25) is 0 Å². The summed E-state index contributed by atoms with van der Waals surface area (Å²) in [5.41, 5.74) is 2.43. The Bertz CT molecular complexity index is 1020. The first-order valence-electron chi connectivity index (χ1n) is 11.3. The first kappa shape index (κ1) is 21.3. The Balaban J connectivity index is 1.23. The van der Waals surface area contributed by atoms with E-state index in [4.69, 9.17) is 0 Å². The van der Waals surface area contributed by atoms with Gasteiger partial charge in [0.2, 0.25) is 0 Å². The lowest BCUT2D eigenvalue weighted by Gasteiger charge is -2.29. The van der Waals surface area contributed by atoms with Crippen molar-refractivity contribution in [2.24, 2.45) is 0 Å². The van der Waals surface area contributed by atoms with E-state index in [1.165, 1.54) is 26.8 Å². The maximum atomic E-state index is 12.7. The van der Waals surface area contributed by atoms with E-state index in [2.05, 4.69) is 91.1 Å². The van der Waals surface area contributed by atoms with Gasteiger partial charge in [0.15, 0.2) is 6.54 Å². The van der Waals surface area contributed by atoms with Crippen LogP contribution in [-0.4, -0.2) is 45.2 Å². The third kappa shape index (κ3) is 5.81. The van der Waals surface area contributed by atoms with Crippen LogP contribution in [0.3, 0.4) is 0 Å². The van der Waals surface area contributed by atoms with Gasteiger partial charge in [-0.3, -0.25) is 4.79 Å². The lowest BCUT2D eigenvalue weighted by Crippen LogP contribution is -3.28. The van der Waals surface area contributed by atoms with Crippen molar-refractivity contribution >= 4 is 22.8 Å². The fourth-order valence-electron chi connectivity index (χ4n) is 4.49. The predicted molar refractivity (Wildman–Crippen MR) is 127 cm³/mol. The Morgan fingerprint density at radius 1 is 0.903 bits per heavy atom. The van der Waals surface area contributed by atoms with E-state index in [9.17, 15) is 4.79 Å². The molecule has 1 amide bonds. The van der Waals surface area contributed by atoms with Gasteiger partial charge in [-0.15, -0.1) is 0 Å². The van der Waals surface area contributed by atoms with Gasteiger partial charge in [-0.25, -0.2) is 0 Å². The minimum atomic E-state index is 0.00744. The van der Waals surface area contributed by atoms with Gasteiger partial charge >= 0.3 is 0 Å². The second-order valence-electron chi connectivity index (χ2n) is 8.55. The van der Waals surface area contributed by atoms with Crippen molar-refractivity contribution in [1.29, 1.82) is 0 Å². The average Bonchev–Trinajstić information content (AvgIpc) is 2.80. The lowest BCUT2D eigenvalue weighted by atomic mass is 10.00. The Morgan fingerprint density at radius 3 is 2.39 bits per heavy atom. The van der Waals surface area contributed by atoms with E-state index in [0.29, 0.717) is 6.54 Å². The van der Waals surface area contributed by atoms with E-state index in [0.717, 1.165) is 32.7 Å². The highest BCUT2D eigenvalue weighted by atomic mass is 16.2. The molecule has 0 saturated carbocycles. The molecule has 1 heterocycles. The first-order chi connectivity index (χ1) is 15.2. The zero-order valence-corrected chi connectivity index (χ0v) is 18.3. The Labute approximate surface area is 185 Å². The smallest absolute Gasteiger partial charge is 0.275 e. The molecule has 1 saturated heterocycles. The summed E-state index contributed by atoms with van der Waals surface area (Å²) in [6.07, 6.45) is 4.47. The average molecular weight is 416 g/mol. The molecule has 4 rings (SSSR count). The lowest BCUT2D eigenvalue weighted by molar-refractivity contribution is -1.01. The van der Waals surface area contributed by atoms with Gasteiger partial charge in [-0.1, -0.05) is 78.9 Å². The number of carbonyl (C=O) groups excluding carboxylic acids is 1. The molecule has 0 spiro atoms. The molecular weight excluding hydrogens is 382 g/mol. The minimum absolute atomic E-state index is 0.00744. The highest BCUT2D eigenvalue weighted by Crippen LogP contribution is 2.23. The van der Waals surface area contributed by atoms with Crippen molar-refractivity contribution in [2.45, 2.75) is 13.0 Å². The molecule has 4 nitrogen and oxygen atoms in total. The van der Waals surface area contributed by atoms with Crippen LogP contribution in [0.5, 0.6) is 0 Å². The van der Waals surface area contributed by atoms with E-state index in [1.54, 1.807) is 4.90 Å². The number of amides is 1. The third-order valence-electron chi connectivity index (χ3n) is 6.26. The van der Waals surface area contributed by atoms with Gasteiger partial charge in [0, 0.05) is 0 Å². The molecule has 0 aromatic heterocycles. The maximum absolute atomic E-state index is 12.7. The van der Waals surface area contributed by atoms with Gasteiger partial charge in [-0.05, 0) is 34.9 Å². The summed E-state index contributed by atoms with van der Waals surface area (Å²) >= 11 is 0. The molecule has 31 heavy (non-hydrogen) atoms. The molecule has 1 fully saturated rings. The molecule has 3 aromatic rings. The molecule has 4 heteroatoms. The molecule has 0 aliphatic carbocycles. The predicted octanol–water partition coefficient (Wildman–Crippen LogP) is 1.51. The molecule has 3 aromatic carbocycles. The summed E-state index contributed by atoms with van der Waals surface area (Å²) < 4.78 is 0. The minimum Gasteiger partial charge on any atom is -0.345 e. The Hall–Kier alpha value is -2.95. The quantitative estimate of drug-likeness (QED) is 0.538. The summed E-state index contributed by atoms with van der Waals surface area (Å²) in [6.45, 7) is 8.00. The Morgan fingerprint density at radius 2 is 1.58 bits per heavy atom. The molecular formula is C27H33N3O+2. The van der Waals surface area contributed by atoms with Crippen molar-refractivity contribution < 1.29 is 14.6 Å². The fraction of sp³-hybridized carbons (Fsp3) is 0.296. The molecule has 1 aliphatic heterocycles. The van der Waals surface area contributed by atoms with Crippen molar-refractivity contribution in [2.75, 3.05) is 39.3 Å². The van der Waals surface area contributed by atoms with E-state index >= 15 is 0 Å². The highest BCUT2D eigenvalue weighted by Gasteiger charge is 2.24. The van der Waals surface area contributed by atoms with Crippen LogP contribution >= 0.6 is 0 Å². The first-order valence-corrected chi connectivity index (χ1v) is 11.3. The maximum Gasteiger partial charge on any atom is 0.275 e. The highest BCUT2D eigenvalue weighted by molar-refractivity contribution is 5.87. The van der Waals surface area contributed by atoms with Gasteiger partial charge in [-0.2, -0.15) is 0 Å². The molecule has 0 unspecified atom stereocenters. The zero-order chi connectivity index (χ0) is 21.5. The van der Waals surface area contributed by atoms with Crippen LogP contribution in [0.25, 0.3) is 16.8 Å². The summed E-state index contributed by atoms with van der Waals surface area (Å²) in [4.78, 5) is 15.7. The number of piperazine rings is 1. The largest absolute Gasteiger partial charge is 0.345 e. The summed E-state index contributed by atoms with van der Waals surface area (Å²) in [7, 11) is 0. The van der Waals surface area contributed by atoms with Gasteiger partial charge in [0.05, 0.1) is 12.6 Å². The number of rotatable bonds is 7. The van der Waals surface area contributed by atoms with Crippen LogP contribution in [0, 0.1) is 0 Å². The summed E-state index contributed by atoms with van der Waals surface area (Å²) in [5, 5.41) is 5.65. The monoisotopic (exact) mass is 415 g/mol. The third-order valence-corrected chi connectivity index (χ3v) is 6.26. The number of benzene rings is 3. The topological polar surface area (TPSA) is 38.0 Å². The van der Waals surface area contributed by atoms with Crippen molar-refractivity contribution in [3.63, 3.8) is 0 Å². The van der Waals surface area contributed by atoms with E-state index in [1.807, 2.05) is 6.07 Å². The standard InChI is InChI=1S/C27H31N3O/c1-22(25-15-7-13-24-12-5-6-14-26(24)25)28-27(31)21-30-19-17-29(18-20-30)16-8-11-23-9-3-2-4-10-23/h2-15,22H,16-21H2,1H3,(H,28,31)/p+2/b11-8+/t22-/m1/s1. The number of quaternary nitrogens is 2. The second-order valence-corrected chi connectivity index (χ2v) is 8.55. The number of nitrogens with one attached hydrogen (secondary N) is 3. The zero-order valence-electron chi connectivity index (χ0n) is 18.3. The number of carbonyl (C=O) groups is 1. The van der Waals surface area contributed by atoms with Crippen molar-refractivity contribution in [3.8, 4) is 0 Å². The van der Waals surface area contributed by atoms with Crippen LogP contribution in [0.15, 0.2) is 78.9 Å². The van der Waals surface area contributed by atoms with Crippen LogP contribution in [0.1, 0.15) is 24.1 Å². The van der Waals surface area contributed by atoms with Crippen molar-refractivity contribution in [1.82, 2.24) is 5.32 Å². The van der Waals surface area contributed by atoms with Gasteiger partial charge in [0.1, 0.15) is 26.2 Å². The van der Waals surface area contributed by atoms with Gasteiger partial charge < -0.3 is 15.1 Å². The summed E-state index contributed by atoms with van der Waals surface area (Å²) in [6, 6.07) is 25.1. The van der Waals surface area contributed by atoms with Crippen molar-refractivity contribution in [3.05, 3.63) is 90.0 Å². The Kier molecular flexibility index (Phi) is 7.13. The van der Waals surface area contributed by atoms with Crippen LogP contribution < -0.4 is 15.1 Å². The number of hydrogen-bond acceptors (Lipinski definition) is 1. The molecule has 0 bridgehead atoms. The fourth-order valence-corrected chi connectivity index (χ4v) is 4.49. The number of fused-ring (bicyclic) bond motifs is 1. The van der Waals surface area contributed by atoms with E-state index < -0.39 is 0 Å². The second kappa shape index (κ2) is 10.4. The number of hydrogen-bond donors (Lipinski definition) is 3. The molecule has 1 aliphatic rings. The summed E-state index contributed by atoms with van der Waals surface area (Å²) in [5.74, 6) is 0.142. The normalized spacial score (nSPS) is 20.0. The molecule has 1 atom stereocenters.